The van der Waals surface area contributed by atoms with Gasteiger partial charge in [-0.1, -0.05) is 0 Å². The first kappa shape index (κ1) is 11.9. The second-order valence-electron chi connectivity index (χ2n) is 4.62. The van der Waals surface area contributed by atoms with Crippen molar-refractivity contribution >= 4 is 13.5 Å². The lowest BCUT2D eigenvalue weighted by Gasteiger charge is -2.28. The summed E-state index contributed by atoms with van der Waals surface area (Å²) in [5.74, 6) is 0.753. The van der Waals surface area contributed by atoms with Gasteiger partial charge in [0, 0.05) is 32.8 Å². The van der Waals surface area contributed by atoms with E-state index in [0.29, 0.717) is 0 Å². The quantitative estimate of drug-likeness (QED) is 0.430. The summed E-state index contributed by atoms with van der Waals surface area (Å²) in [4.78, 5) is 13.7. The SMILES string of the molecule is CP(=O)(O)N=C(N1CCCC1)N1CCCC1. The van der Waals surface area contributed by atoms with Crippen LogP contribution in [0.1, 0.15) is 25.7 Å². The third-order valence-corrected chi connectivity index (χ3v) is 3.60. The Morgan fingerprint density at radius 1 is 1.06 bits per heavy atom. The molecular weight excluding hydrogens is 225 g/mol. The van der Waals surface area contributed by atoms with E-state index < -0.39 is 7.52 Å². The molecule has 16 heavy (non-hydrogen) atoms. The fourth-order valence-corrected chi connectivity index (χ4v) is 2.91. The van der Waals surface area contributed by atoms with Gasteiger partial charge in [0.05, 0.1) is 0 Å². The van der Waals surface area contributed by atoms with Crippen molar-refractivity contribution in [2.75, 3.05) is 32.8 Å². The zero-order valence-electron chi connectivity index (χ0n) is 9.80. The molecule has 2 rings (SSSR count). The van der Waals surface area contributed by atoms with Crippen LogP contribution in [0.4, 0.5) is 0 Å². The number of guanidine groups is 1. The molecule has 2 fully saturated rings. The summed E-state index contributed by atoms with van der Waals surface area (Å²) in [7, 11) is -3.32. The zero-order chi connectivity index (χ0) is 11.6. The van der Waals surface area contributed by atoms with Crippen LogP contribution in [0.15, 0.2) is 4.76 Å². The summed E-state index contributed by atoms with van der Waals surface area (Å²) in [5, 5.41) is 0. The lowest BCUT2D eigenvalue weighted by atomic mass is 10.4. The van der Waals surface area contributed by atoms with Crippen LogP contribution >= 0.6 is 7.52 Å². The minimum absolute atomic E-state index is 0.753. The van der Waals surface area contributed by atoms with Crippen LogP contribution in [0.5, 0.6) is 0 Å². The third-order valence-electron chi connectivity index (χ3n) is 3.05. The standard InChI is InChI=1S/C10H20N3O2P/c1-16(14,15)11-10(12-6-2-3-7-12)13-8-4-5-9-13/h2-9H2,1H3,(H,14,15). The Morgan fingerprint density at radius 2 is 1.44 bits per heavy atom. The van der Waals surface area contributed by atoms with Crippen LogP contribution in [0, 0.1) is 0 Å². The molecule has 1 N–H and O–H groups in total. The minimum Gasteiger partial charge on any atom is -0.342 e. The topological polar surface area (TPSA) is 56.1 Å². The van der Waals surface area contributed by atoms with Gasteiger partial charge >= 0.3 is 7.52 Å². The second kappa shape index (κ2) is 4.76. The molecule has 0 aromatic carbocycles. The van der Waals surface area contributed by atoms with Crippen LogP contribution in [-0.2, 0) is 4.57 Å². The average molecular weight is 245 g/mol. The summed E-state index contributed by atoms with van der Waals surface area (Å²) in [6.07, 6.45) is 4.64. The number of likely N-dealkylation sites (tertiary alicyclic amines) is 2. The first-order valence-corrected chi connectivity index (χ1v) is 8.03. The average Bonchev–Trinajstić information content (AvgIpc) is 2.86. The van der Waals surface area contributed by atoms with E-state index in [0.717, 1.165) is 57.8 Å². The maximum atomic E-state index is 11.5. The molecule has 0 spiro atoms. The second-order valence-corrected chi connectivity index (χ2v) is 6.49. The Balaban J connectivity index is 2.17. The summed E-state index contributed by atoms with van der Waals surface area (Å²) < 4.78 is 15.5. The van der Waals surface area contributed by atoms with Crippen molar-refractivity contribution in [3.8, 4) is 0 Å². The Bertz CT molecular complexity index is 296. The van der Waals surface area contributed by atoms with Gasteiger partial charge in [-0.2, -0.15) is 4.76 Å². The Kier molecular flexibility index (Phi) is 3.55. The number of nitrogens with zero attached hydrogens (tertiary/aromatic N) is 3. The van der Waals surface area contributed by atoms with E-state index in [1.54, 1.807) is 0 Å². The van der Waals surface area contributed by atoms with Gasteiger partial charge in [-0.25, -0.2) is 0 Å². The molecule has 0 aromatic rings. The summed E-state index contributed by atoms with van der Waals surface area (Å²) in [5.41, 5.74) is 0. The molecule has 2 aliphatic rings. The Labute approximate surface area is 96.7 Å². The first-order valence-electron chi connectivity index (χ1n) is 5.97. The molecule has 2 heterocycles. The predicted octanol–water partition coefficient (Wildman–Crippen LogP) is 1.35. The van der Waals surface area contributed by atoms with Crippen molar-refractivity contribution in [2.45, 2.75) is 25.7 Å². The molecule has 0 radical (unpaired) electrons. The Hall–Kier alpha value is -0.540. The van der Waals surface area contributed by atoms with E-state index in [1.165, 1.54) is 6.66 Å². The van der Waals surface area contributed by atoms with Gasteiger partial charge in [0.25, 0.3) is 0 Å². The fourth-order valence-electron chi connectivity index (χ4n) is 2.33. The molecule has 0 bridgehead atoms. The molecule has 0 aromatic heterocycles. The predicted molar refractivity (Wildman–Crippen MR) is 64.8 cm³/mol. The molecule has 0 saturated carbocycles. The molecular formula is C10H20N3O2P. The van der Waals surface area contributed by atoms with Gasteiger partial charge < -0.3 is 14.7 Å². The Morgan fingerprint density at radius 3 is 1.75 bits per heavy atom. The minimum atomic E-state index is -3.32. The molecule has 1 unspecified atom stereocenters. The van der Waals surface area contributed by atoms with Crippen molar-refractivity contribution in [3.63, 3.8) is 0 Å². The summed E-state index contributed by atoms with van der Waals surface area (Å²) in [6.45, 7) is 5.18. The van der Waals surface area contributed by atoms with E-state index in [1.807, 2.05) is 0 Å². The van der Waals surface area contributed by atoms with Gasteiger partial charge in [0.1, 0.15) is 0 Å². The van der Waals surface area contributed by atoms with E-state index in [-0.39, 0.29) is 0 Å². The number of rotatable bonds is 1. The van der Waals surface area contributed by atoms with Gasteiger partial charge in [-0.05, 0) is 25.7 Å². The molecule has 0 aliphatic carbocycles. The highest BCUT2D eigenvalue weighted by molar-refractivity contribution is 7.55. The van der Waals surface area contributed by atoms with E-state index >= 15 is 0 Å². The molecule has 2 saturated heterocycles. The van der Waals surface area contributed by atoms with Crippen LogP contribution in [0.2, 0.25) is 0 Å². The monoisotopic (exact) mass is 245 g/mol. The molecule has 5 nitrogen and oxygen atoms in total. The zero-order valence-corrected chi connectivity index (χ0v) is 10.7. The molecule has 2 aliphatic heterocycles. The van der Waals surface area contributed by atoms with E-state index in [9.17, 15) is 9.46 Å². The van der Waals surface area contributed by atoms with Gasteiger partial charge in [-0.15, -0.1) is 0 Å². The fraction of sp³-hybridized carbons (Fsp3) is 0.900. The highest BCUT2D eigenvalue weighted by atomic mass is 31.2. The van der Waals surface area contributed by atoms with Crippen LogP contribution in [0.25, 0.3) is 0 Å². The van der Waals surface area contributed by atoms with E-state index in [2.05, 4.69) is 14.6 Å². The first-order chi connectivity index (χ1) is 7.56. The van der Waals surface area contributed by atoms with Gasteiger partial charge in [0.15, 0.2) is 0 Å². The molecule has 0 amide bonds. The molecule has 6 heteroatoms. The highest BCUT2D eigenvalue weighted by Gasteiger charge is 2.26. The van der Waals surface area contributed by atoms with Crippen molar-refractivity contribution in [1.82, 2.24) is 9.80 Å². The smallest absolute Gasteiger partial charge is 0.312 e. The molecule has 1 atom stereocenters. The van der Waals surface area contributed by atoms with Crippen molar-refractivity contribution in [1.29, 1.82) is 0 Å². The summed E-state index contributed by atoms with van der Waals surface area (Å²) in [6, 6.07) is 0. The van der Waals surface area contributed by atoms with Crippen LogP contribution in [-0.4, -0.2) is 53.5 Å². The normalized spacial score (nSPS) is 24.6. The number of hydrogen-bond acceptors (Lipinski definition) is 1. The molecule has 92 valence electrons. The maximum absolute atomic E-state index is 11.5. The van der Waals surface area contributed by atoms with Gasteiger partial charge in [0.2, 0.25) is 5.96 Å². The highest BCUT2D eigenvalue weighted by Crippen LogP contribution is 2.38. The van der Waals surface area contributed by atoms with Gasteiger partial charge in [-0.3, -0.25) is 4.57 Å². The number of hydrogen-bond donors (Lipinski definition) is 1. The van der Waals surface area contributed by atoms with Crippen molar-refractivity contribution in [3.05, 3.63) is 0 Å². The lowest BCUT2D eigenvalue weighted by Crippen LogP contribution is -2.41. The van der Waals surface area contributed by atoms with Crippen LogP contribution < -0.4 is 0 Å². The maximum Gasteiger partial charge on any atom is 0.312 e. The van der Waals surface area contributed by atoms with Crippen LogP contribution in [0.3, 0.4) is 0 Å². The van der Waals surface area contributed by atoms with Crippen molar-refractivity contribution in [2.24, 2.45) is 4.76 Å². The third kappa shape index (κ3) is 2.98. The lowest BCUT2D eigenvalue weighted by molar-refractivity contribution is 0.393. The summed E-state index contributed by atoms with van der Waals surface area (Å²) >= 11 is 0. The van der Waals surface area contributed by atoms with Crippen molar-refractivity contribution < 1.29 is 9.46 Å². The largest absolute Gasteiger partial charge is 0.342 e. The van der Waals surface area contributed by atoms with E-state index in [4.69, 9.17) is 0 Å².